The fraction of sp³-hybridized carbons (Fsp3) is 0.286. The van der Waals surface area contributed by atoms with Gasteiger partial charge in [-0.1, -0.05) is 34.1 Å². The third-order valence-corrected chi connectivity index (χ3v) is 3.42. The van der Waals surface area contributed by atoms with Gasteiger partial charge in [0.1, 0.15) is 5.82 Å². The molecule has 0 radical (unpaired) electrons. The fourth-order valence-electron chi connectivity index (χ4n) is 1.72. The Bertz CT molecular complexity index is 513. The molecule has 4 nitrogen and oxygen atoms in total. The molecule has 0 spiro atoms. The smallest absolute Gasteiger partial charge is 0.148 e. The van der Waals surface area contributed by atoms with Gasteiger partial charge < -0.3 is 10.6 Å². The zero-order chi connectivity index (χ0) is 13.5. The van der Waals surface area contributed by atoms with Crippen LogP contribution in [0.3, 0.4) is 0 Å². The van der Waals surface area contributed by atoms with Crippen molar-refractivity contribution in [1.82, 2.24) is 15.5 Å². The predicted molar refractivity (Wildman–Crippen MR) is 82.2 cm³/mol. The van der Waals surface area contributed by atoms with E-state index < -0.39 is 0 Å². The molecule has 0 aliphatic carbocycles. The highest BCUT2D eigenvalue weighted by Crippen LogP contribution is 2.25. The Hall–Kier alpha value is -1.46. The molecule has 1 heterocycles. The van der Waals surface area contributed by atoms with Crippen molar-refractivity contribution in [3.63, 3.8) is 0 Å². The van der Waals surface area contributed by atoms with Gasteiger partial charge in [0.15, 0.2) is 0 Å². The second-order valence-corrected chi connectivity index (χ2v) is 5.02. The molecule has 0 saturated heterocycles. The Morgan fingerprint density at radius 1 is 1.05 bits per heavy atom. The number of anilines is 1. The van der Waals surface area contributed by atoms with E-state index in [9.17, 15) is 0 Å². The second kappa shape index (κ2) is 7.21. The summed E-state index contributed by atoms with van der Waals surface area (Å²) in [4.78, 5) is 0. The maximum atomic E-state index is 4.25. The van der Waals surface area contributed by atoms with Crippen LogP contribution in [0.4, 0.5) is 5.82 Å². The average Bonchev–Trinajstić information content (AvgIpc) is 2.45. The number of nitrogens with zero attached hydrogens (tertiary/aromatic N) is 2. The van der Waals surface area contributed by atoms with Gasteiger partial charge >= 0.3 is 0 Å². The lowest BCUT2D eigenvalue weighted by molar-refractivity contribution is 0.746. The highest BCUT2D eigenvalue weighted by atomic mass is 79.9. The Morgan fingerprint density at radius 2 is 1.89 bits per heavy atom. The lowest BCUT2D eigenvalue weighted by Gasteiger charge is -2.06. The summed E-state index contributed by atoms with van der Waals surface area (Å²) in [7, 11) is 1.95. The lowest BCUT2D eigenvalue weighted by atomic mass is 10.1. The molecule has 0 aliphatic rings. The van der Waals surface area contributed by atoms with Crippen molar-refractivity contribution in [1.29, 1.82) is 0 Å². The number of halogens is 1. The largest absolute Gasteiger partial charge is 0.369 e. The van der Waals surface area contributed by atoms with E-state index in [0.717, 1.165) is 41.1 Å². The van der Waals surface area contributed by atoms with E-state index in [1.165, 1.54) is 0 Å². The molecule has 0 fully saturated rings. The van der Waals surface area contributed by atoms with Gasteiger partial charge in [-0.15, -0.1) is 10.2 Å². The van der Waals surface area contributed by atoms with Crippen molar-refractivity contribution in [3.05, 3.63) is 40.9 Å². The number of hydrogen-bond donors (Lipinski definition) is 2. The molecule has 2 aromatic rings. The molecule has 0 saturated carbocycles. The Kier molecular flexibility index (Phi) is 5.30. The molecule has 100 valence electrons. The number of nitrogens with one attached hydrogen (secondary N) is 2. The second-order valence-electron chi connectivity index (χ2n) is 4.17. The van der Waals surface area contributed by atoms with Crippen molar-refractivity contribution in [2.24, 2.45) is 0 Å². The van der Waals surface area contributed by atoms with E-state index in [1.807, 2.05) is 43.4 Å². The molecule has 2 rings (SSSR count). The first-order valence-electron chi connectivity index (χ1n) is 6.28. The zero-order valence-electron chi connectivity index (χ0n) is 10.9. The predicted octanol–water partition coefficient (Wildman–Crippen LogP) is 2.93. The summed E-state index contributed by atoms with van der Waals surface area (Å²) in [6, 6.07) is 11.9. The summed E-state index contributed by atoms with van der Waals surface area (Å²) in [5.74, 6) is 0.812. The van der Waals surface area contributed by atoms with Gasteiger partial charge in [-0.3, -0.25) is 0 Å². The van der Waals surface area contributed by atoms with Crippen LogP contribution < -0.4 is 10.6 Å². The monoisotopic (exact) mass is 320 g/mol. The molecule has 0 amide bonds. The summed E-state index contributed by atoms with van der Waals surface area (Å²) in [5.41, 5.74) is 1.92. The third-order valence-electron chi connectivity index (χ3n) is 2.72. The van der Waals surface area contributed by atoms with Gasteiger partial charge in [0.05, 0.1) is 5.69 Å². The highest BCUT2D eigenvalue weighted by molar-refractivity contribution is 9.10. The third kappa shape index (κ3) is 4.01. The van der Waals surface area contributed by atoms with E-state index in [4.69, 9.17) is 0 Å². The molecule has 0 atom stereocenters. The van der Waals surface area contributed by atoms with Gasteiger partial charge in [-0.2, -0.15) is 0 Å². The van der Waals surface area contributed by atoms with Crippen molar-refractivity contribution in [2.75, 3.05) is 25.5 Å². The molecule has 1 aromatic heterocycles. The van der Waals surface area contributed by atoms with Crippen LogP contribution in [0.5, 0.6) is 0 Å². The molecule has 1 aromatic carbocycles. The summed E-state index contributed by atoms with van der Waals surface area (Å²) in [6.07, 6.45) is 1.06. The van der Waals surface area contributed by atoms with Crippen molar-refractivity contribution in [3.8, 4) is 11.3 Å². The molecule has 5 heteroatoms. The van der Waals surface area contributed by atoms with Crippen LogP contribution in [-0.2, 0) is 0 Å². The van der Waals surface area contributed by atoms with Crippen LogP contribution >= 0.6 is 15.9 Å². The fourth-order valence-corrected chi connectivity index (χ4v) is 2.21. The normalized spacial score (nSPS) is 10.4. The topological polar surface area (TPSA) is 49.8 Å². The molecule has 0 bridgehead atoms. The van der Waals surface area contributed by atoms with Gasteiger partial charge in [0.2, 0.25) is 0 Å². The van der Waals surface area contributed by atoms with Gasteiger partial charge in [0.25, 0.3) is 0 Å². The Morgan fingerprint density at radius 3 is 2.58 bits per heavy atom. The van der Waals surface area contributed by atoms with Gasteiger partial charge in [-0.05, 0) is 38.2 Å². The number of benzene rings is 1. The van der Waals surface area contributed by atoms with Crippen molar-refractivity contribution in [2.45, 2.75) is 6.42 Å². The standard InChI is InChI=1S/C14H17BrN4/c1-16-9-4-10-17-14-8-7-13(18-19-14)11-5-2-3-6-12(11)15/h2-3,5-8,16H,4,9-10H2,1H3,(H,17,19). The minimum Gasteiger partial charge on any atom is -0.369 e. The van der Waals surface area contributed by atoms with Crippen molar-refractivity contribution < 1.29 is 0 Å². The zero-order valence-corrected chi connectivity index (χ0v) is 12.4. The molecule has 2 N–H and O–H groups in total. The van der Waals surface area contributed by atoms with Crippen LogP contribution in [0.2, 0.25) is 0 Å². The van der Waals surface area contributed by atoms with Crippen LogP contribution in [0.25, 0.3) is 11.3 Å². The highest BCUT2D eigenvalue weighted by Gasteiger charge is 2.04. The number of rotatable bonds is 6. The molecule has 19 heavy (non-hydrogen) atoms. The molecular formula is C14H17BrN4. The van der Waals surface area contributed by atoms with Crippen LogP contribution in [0.1, 0.15) is 6.42 Å². The summed E-state index contributed by atoms with van der Waals surface area (Å²) in [5, 5.41) is 14.8. The van der Waals surface area contributed by atoms with Crippen LogP contribution in [-0.4, -0.2) is 30.3 Å². The minimum absolute atomic E-state index is 0.812. The van der Waals surface area contributed by atoms with Gasteiger partial charge in [-0.25, -0.2) is 0 Å². The summed E-state index contributed by atoms with van der Waals surface area (Å²) < 4.78 is 1.03. The number of aromatic nitrogens is 2. The lowest BCUT2D eigenvalue weighted by Crippen LogP contribution is -2.13. The maximum Gasteiger partial charge on any atom is 0.148 e. The van der Waals surface area contributed by atoms with Crippen molar-refractivity contribution >= 4 is 21.7 Å². The van der Waals surface area contributed by atoms with Crippen LogP contribution in [0, 0.1) is 0 Å². The SMILES string of the molecule is CNCCCNc1ccc(-c2ccccc2Br)nn1. The van der Waals surface area contributed by atoms with E-state index in [1.54, 1.807) is 0 Å². The van der Waals surface area contributed by atoms with Gasteiger partial charge in [0, 0.05) is 16.6 Å². The van der Waals surface area contributed by atoms with E-state index in [2.05, 4.69) is 36.8 Å². The summed E-state index contributed by atoms with van der Waals surface area (Å²) >= 11 is 3.52. The van der Waals surface area contributed by atoms with E-state index >= 15 is 0 Å². The summed E-state index contributed by atoms with van der Waals surface area (Å²) in [6.45, 7) is 1.89. The molecule has 0 aliphatic heterocycles. The maximum absolute atomic E-state index is 4.25. The van der Waals surface area contributed by atoms with Crippen LogP contribution in [0.15, 0.2) is 40.9 Å². The van der Waals surface area contributed by atoms with E-state index in [0.29, 0.717) is 0 Å². The first kappa shape index (κ1) is 14.0. The average molecular weight is 321 g/mol. The first-order chi connectivity index (χ1) is 9.31. The number of hydrogen-bond acceptors (Lipinski definition) is 4. The molecular weight excluding hydrogens is 304 g/mol. The molecule has 0 unspecified atom stereocenters. The van der Waals surface area contributed by atoms with E-state index in [-0.39, 0.29) is 0 Å². The minimum atomic E-state index is 0.812. The Balaban J connectivity index is 2.01. The quantitative estimate of drug-likeness (QED) is 0.803. The Labute approximate surface area is 121 Å². The first-order valence-corrected chi connectivity index (χ1v) is 7.07.